The Labute approximate surface area is 210 Å². The van der Waals surface area contributed by atoms with E-state index in [0.29, 0.717) is 14.4 Å². The SMILES string of the molecule is COc1ccccc1CP(Cc1ccccc1OC)[C]12[CH]3[CH]4[C]5(C(C)N(C)C)[C]1(C=O)[Fe]43521678[CH]2[CH]1[CH]6[CH]7[CH]28. The van der Waals surface area contributed by atoms with Gasteiger partial charge in [0.25, 0.3) is 0 Å². The van der Waals surface area contributed by atoms with Crippen molar-refractivity contribution in [2.75, 3.05) is 28.3 Å². The summed E-state index contributed by atoms with van der Waals surface area (Å²) < 4.78 is 12.8. The summed E-state index contributed by atoms with van der Waals surface area (Å²) in [5.74, 6) is 2.05. The summed E-state index contributed by atoms with van der Waals surface area (Å²) in [5, 5.41) is 0. The molecule has 0 aliphatic carbocycles. The van der Waals surface area contributed by atoms with E-state index in [-0.39, 0.29) is 4.31 Å². The van der Waals surface area contributed by atoms with E-state index in [1.165, 1.54) is 11.1 Å². The van der Waals surface area contributed by atoms with Gasteiger partial charge >= 0.3 is 211 Å². The van der Waals surface area contributed by atoms with Crippen molar-refractivity contribution in [3.63, 3.8) is 0 Å². The number of carbonyl (C=O) groups is 1. The summed E-state index contributed by atoms with van der Waals surface area (Å²) in [7, 11) is 7.81. The van der Waals surface area contributed by atoms with Crippen LogP contribution in [-0.4, -0.2) is 49.6 Å². The quantitative estimate of drug-likeness (QED) is 0.178. The van der Waals surface area contributed by atoms with Crippen molar-refractivity contribution in [3.05, 3.63) is 59.7 Å². The number of benzene rings is 2. The second-order valence-electron chi connectivity index (χ2n) is 16.1. The molecule has 10 saturated heterocycles. The number of fused-ring (bicyclic) bond motifs is 10. The summed E-state index contributed by atoms with van der Waals surface area (Å²) in [6.45, 7) is -1.65. The first-order valence-corrected chi connectivity index (χ1v) is 21.9. The van der Waals surface area contributed by atoms with Crippen molar-refractivity contribution < 1.29 is 20.8 Å². The van der Waals surface area contributed by atoms with Gasteiger partial charge in [-0.2, -0.15) is 0 Å². The zero-order chi connectivity index (χ0) is 25.1. The van der Waals surface area contributed by atoms with Crippen LogP contribution in [0.4, 0.5) is 0 Å². The van der Waals surface area contributed by atoms with Crippen molar-refractivity contribution in [2.24, 2.45) is 0 Å². The molecule has 4 nitrogen and oxygen atoms in total. The van der Waals surface area contributed by atoms with E-state index in [0.717, 1.165) is 57.5 Å². The van der Waals surface area contributed by atoms with Crippen LogP contribution in [0, 0.1) is 0 Å². The number of para-hydroxylation sites is 2. The average molecular weight is 557 g/mol. The summed E-state index contributed by atoms with van der Waals surface area (Å²) in [6.07, 6.45) is 3.90. The van der Waals surface area contributed by atoms with Gasteiger partial charge in [-0.25, -0.2) is 0 Å². The predicted octanol–water partition coefficient (Wildman–Crippen LogP) is 7.07. The van der Waals surface area contributed by atoms with E-state index in [4.69, 9.17) is 9.47 Å². The first kappa shape index (κ1) is 19.6. The fourth-order valence-corrected chi connectivity index (χ4v) is 117. The van der Waals surface area contributed by atoms with Crippen LogP contribution in [0.25, 0.3) is 0 Å². The molecular formula is C31H36FeNO3P. The van der Waals surface area contributed by atoms with Gasteiger partial charge in [-0.3, -0.25) is 0 Å². The number of aldehydes is 1. The Morgan fingerprint density at radius 2 is 1.38 bits per heavy atom. The Kier molecular flexibility index (Phi) is 1.53. The second kappa shape index (κ2) is 2.88. The fraction of sp³-hybridized carbons (Fsp3) is 0.581. The standard InChI is InChI=1S/C26H31NO3P.C5H5.Fe/c1-19(27(2)3)22-14-15-26(23(22)16-28)31(17-20-10-6-8-12-24(20)29-4)18-21-11-7-9-13-25(21)30-5;1-2-4-5-3-1;/h6-16,19H,17-18H2,1-5H3;1-5H;. The van der Waals surface area contributed by atoms with Crippen LogP contribution in [0.3, 0.4) is 0 Å². The monoisotopic (exact) mass is 557 g/mol. The first-order valence-electron chi connectivity index (χ1n) is 14.0. The maximum atomic E-state index is 13.9. The first-order chi connectivity index (χ1) is 17.7. The van der Waals surface area contributed by atoms with Crippen molar-refractivity contribution >= 4 is 14.2 Å². The maximum absolute atomic E-state index is 13.9. The molecule has 12 rings (SSSR count). The van der Waals surface area contributed by atoms with Gasteiger partial charge in [-0.1, -0.05) is 0 Å². The van der Waals surface area contributed by atoms with Gasteiger partial charge in [0.1, 0.15) is 0 Å². The minimum atomic E-state index is -4.18. The topological polar surface area (TPSA) is 38.8 Å². The average Bonchev–Trinajstić information content (AvgIpc) is 3.87. The molecule has 37 heavy (non-hydrogen) atoms. The molecule has 196 valence electrons. The molecule has 0 N–H and O–H groups in total. The molecule has 6 heteroatoms. The van der Waals surface area contributed by atoms with E-state index in [1.54, 1.807) is 6.29 Å². The van der Waals surface area contributed by atoms with Crippen molar-refractivity contribution in [1.82, 2.24) is 4.90 Å². The third-order valence-electron chi connectivity index (χ3n) is 20.3. The Balaban J connectivity index is 1.13. The van der Waals surface area contributed by atoms with Crippen LogP contribution in [0.15, 0.2) is 48.5 Å². The Morgan fingerprint density at radius 1 is 0.892 bits per heavy atom. The van der Waals surface area contributed by atoms with E-state index in [9.17, 15) is 4.79 Å². The molecule has 6 unspecified atom stereocenters. The summed E-state index contributed by atoms with van der Waals surface area (Å²) in [6, 6.07) is 18.0. The molecule has 0 bridgehead atoms. The molecule has 0 aromatic heterocycles. The van der Waals surface area contributed by atoms with E-state index < -0.39 is 14.4 Å². The van der Waals surface area contributed by atoms with E-state index >= 15 is 0 Å². The molecule has 2 aromatic rings. The Hall–Kier alpha value is -1.38. The number of ether oxygens (including phenoxy) is 2. The predicted molar refractivity (Wildman–Crippen MR) is 144 cm³/mol. The molecule has 10 fully saturated rings. The van der Waals surface area contributed by atoms with Crippen LogP contribution < -0.4 is 9.47 Å². The van der Waals surface area contributed by atoms with Gasteiger partial charge in [0.2, 0.25) is 0 Å². The Morgan fingerprint density at radius 3 is 1.76 bits per heavy atom. The molecule has 0 radical (unpaired) electrons. The van der Waals surface area contributed by atoms with Gasteiger partial charge in [0, 0.05) is 0 Å². The van der Waals surface area contributed by atoms with Crippen molar-refractivity contribution in [2.45, 2.75) is 71.7 Å². The van der Waals surface area contributed by atoms with Crippen molar-refractivity contribution in [1.29, 1.82) is 0 Å². The van der Waals surface area contributed by atoms with Gasteiger partial charge in [-0.15, -0.1) is 0 Å². The van der Waals surface area contributed by atoms with Crippen LogP contribution in [0.2, 0.25) is 42.3 Å². The zero-order valence-corrected chi connectivity index (χ0v) is 24.2. The number of rotatable bonds is 10. The molecule has 6 atom stereocenters. The molecule has 2 aromatic carbocycles. The van der Waals surface area contributed by atoms with Crippen LogP contribution in [-0.2, 0) is 23.6 Å². The summed E-state index contributed by atoms with van der Waals surface area (Å²) >= 11 is 0. The number of nitrogens with zero attached hydrogens (tertiary/aromatic N) is 1. The molecule has 10 aliphatic rings. The van der Waals surface area contributed by atoms with E-state index in [2.05, 4.69) is 74.4 Å². The number of carbonyl (C=O) groups excluding carboxylic acids is 1. The third kappa shape index (κ3) is 0.430. The summed E-state index contributed by atoms with van der Waals surface area (Å²) in [5.41, 5.74) is 2.72. The van der Waals surface area contributed by atoms with Crippen molar-refractivity contribution in [3.8, 4) is 11.5 Å². The van der Waals surface area contributed by atoms with Crippen LogP contribution in [0.5, 0.6) is 11.5 Å². The number of hydrogen-bond donors (Lipinski definition) is 0. The molecule has 0 saturated carbocycles. The summed E-state index contributed by atoms with van der Waals surface area (Å²) in [4.78, 5) is 23.8. The number of methoxy groups -OCH3 is 2. The molecule has 1 spiro atoms. The zero-order valence-electron chi connectivity index (χ0n) is 22.2. The minimum absolute atomic E-state index is 0.123. The van der Waals surface area contributed by atoms with Gasteiger partial charge in [0.15, 0.2) is 0 Å². The fourth-order valence-electron chi connectivity index (χ4n) is 22.3. The molecule has 0 amide bonds. The molecular weight excluding hydrogens is 521 g/mol. The molecule has 10 aliphatic heterocycles. The van der Waals surface area contributed by atoms with Gasteiger partial charge < -0.3 is 0 Å². The number of hydrogen-bond acceptors (Lipinski definition) is 4. The van der Waals surface area contributed by atoms with Crippen LogP contribution in [0.1, 0.15) is 18.1 Å². The van der Waals surface area contributed by atoms with Crippen LogP contribution >= 0.6 is 7.92 Å². The normalized spacial score (nSPS) is 66.0. The van der Waals surface area contributed by atoms with Gasteiger partial charge in [0.05, 0.1) is 0 Å². The van der Waals surface area contributed by atoms with E-state index in [1.807, 2.05) is 14.2 Å². The van der Waals surface area contributed by atoms with Gasteiger partial charge in [-0.05, 0) is 0 Å². The third-order valence-corrected chi connectivity index (χ3v) is 71.3. The second-order valence-corrected chi connectivity index (χ2v) is 41.9. The molecule has 10 heterocycles. The Bertz CT molecular complexity index is 1870.